The standard InChI is InChI=1S/C9H13NO4S/c1-15(12,13)14-5-4-10-8-3-2-7(6-8)9(10)11/h2-3,7-8H,4-6H2,1H3/t7-,8?/m1/s1. The Kier molecular flexibility index (Phi) is 2.56. The molecule has 2 aliphatic rings. The van der Waals surface area contributed by atoms with Gasteiger partial charge in [-0.05, 0) is 6.42 Å². The van der Waals surface area contributed by atoms with Gasteiger partial charge in [0.15, 0.2) is 0 Å². The van der Waals surface area contributed by atoms with Crippen LogP contribution in [-0.2, 0) is 19.1 Å². The van der Waals surface area contributed by atoms with Gasteiger partial charge in [-0.3, -0.25) is 8.98 Å². The fraction of sp³-hybridized carbons (Fsp3) is 0.667. The Morgan fingerprint density at radius 1 is 1.53 bits per heavy atom. The second-order valence-corrected chi connectivity index (χ2v) is 5.50. The first-order valence-electron chi connectivity index (χ1n) is 4.80. The Hall–Kier alpha value is -0.880. The van der Waals surface area contributed by atoms with E-state index >= 15 is 0 Å². The predicted molar refractivity (Wildman–Crippen MR) is 53.5 cm³/mol. The van der Waals surface area contributed by atoms with Crippen molar-refractivity contribution in [2.24, 2.45) is 5.92 Å². The molecule has 1 saturated heterocycles. The number of amides is 1. The normalized spacial score (nSPS) is 29.1. The largest absolute Gasteiger partial charge is 0.333 e. The number of likely N-dealkylation sites (tertiary alicyclic amines) is 1. The summed E-state index contributed by atoms with van der Waals surface area (Å²) in [5.74, 6) is 0.0906. The van der Waals surface area contributed by atoms with Crippen LogP contribution in [0.1, 0.15) is 6.42 Å². The molecule has 0 N–H and O–H groups in total. The lowest BCUT2D eigenvalue weighted by molar-refractivity contribution is -0.131. The van der Waals surface area contributed by atoms with E-state index in [2.05, 4.69) is 4.18 Å². The quantitative estimate of drug-likeness (QED) is 0.494. The van der Waals surface area contributed by atoms with Gasteiger partial charge in [0.2, 0.25) is 5.91 Å². The van der Waals surface area contributed by atoms with E-state index in [0.29, 0.717) is 6.54 Å². The summed E-state index contributed by atoms with van der Waals surface area (Å²) in [6.45, 7) is 0.388. The molecule has 0 aromatic heterocycles. The number of nitrogens with zero attached hydrogens (tertiary/aromatic N) is 1. The van der Waals surface area contributed by atoms with Crippen LogP contribution in [-0.4, -0.2) is 44.7 Å². The van der Waals surface area contributed by atoms with Crippen LogP contribution in [0, 0.1) is 5.92 Å². The van der Waals surface area contributed by atoms with Gasteiger partial charge in [-0.2, -0.15) is 8.42 Å². The van der Waals surface area contributed by atoms with Gasteiger partial charge in [-0.1, -0.05) is 12.2 Å². The average molecular weight is 231 g/mol. The zero-order chi connectivity index (χ0) is 11.1. The molecule has 2 rings (SSSR count). The Balaban J connectivity index is 1.86. The van der Waals surface area contributed by atoms with Crippen molar-refractivity contribution in [2.75, 3.05) is 19.4 Å². The summed E-state index contributed by atoms with van der Waals surface area (Å²) in [5, 5.41) is 0. The predicted octanol–water partition coefficient (Wildman–Crippen LogP) is -0.250. The lowest BCUT2D eigenvalue weighted by Crippen LogP contribution is -2.37. The van der Waals surface area contributed by atoms with Gasteiger partial charge in [0, 0.05) is 6.54 Å². The molecule has 84 valence electrons. The summed E-state index contributed by atoms with van der Waals surface area (Å²) in [6.07, 6.45) is 5.75. The number of carbonyl (C=O) groups is 1. The number of fused-ring (bicyclic) bond motifs is 2. The zero-order valence-electron chi connectivity index (χ0n) is 8.42. The van der Waals surface area contributed by atoms with Crippen molar-refractivity contribution in [2.45, 2.75) is 12.5 Å². The fourth-order valence-corrected chi connectivity index (χ4v) is 2.41. The maximum atomic E-state index is 11.6. The Morgan fingerprint density at radius 3 is 2.80 bits per heavy atom. The molecule has 5 nitrogen and oxygen atoms in total. The minimum Gasteiger partial charge on any atom is -0.333 e. The van der Waals surface area contributed by atoms with Crippen molar-refractivity contribution in [1.29, 1.82) is 0 Å². The van der Waals surface area contributed by atoms with Crippen LogP contribution in [0.3, 0.4) is 0 Å². The molecular weight excluding hydrogens is 218 g/mol. The number of rotatable bonds is 4. The monoisotopic (exact) mass is 231 g/mol. The van der Waals surface area contributed by atoms with Crippen LogP contribution in [0.4, 0.5) is 0 Å². The molecular formula is C9H13NO4S. The summed E-state index contributed by atoms with van der Waals surface area (Å²) < 4.78 is 26.0. The summed E-state index contributed by atoms with van der Waals surface area (Å²) in [5.41, 5.74) is 0. The molecule has 1 aliphatic carbocycles. The Labute approximate surface area is 88.8 Å². The van der Waals surface area contributed by atoms with Crippen molar-refractivity contribution in [3.8, 4) is 0 Å². The van der Waals surface area contributed by atoms with E-state index in [1.807, 2.05) is 12.2 Å². The van der Waals surface area contributed by atoms with Crippen LogP contribution in [0.5, 0.6) is 0 Å². The smallest absolute Gasteiger partial charge is 0.264 e. The van der Waals surface area contributed by atoms with Gasteiger partial charge >= 0.3 is 0 Å². The van der Waals surface area contributed by atoms with Gasteiger partial charge in [0.05, 0.1) is 24.8 Å². The van der Waals surface area contributed by atoms with Crippen LogP contribution in [0.2, 0.25) is 0 Å². The van der Waals surface area contributed by atoms with Gasteiger partial charge in [0.1, 0.15) is 0 Å². The van der Waals surface area contributed by atoms with E-state index in [9.17, 15) is 13.2 Å². The number of hydrogen-bond donors (Lipinski definition) is 0. The van der Waals surface area contributed by atoms with Gasteiger partial charge in [-0.15, -0.1) is 0 Å². The zero-order valence-corrected chi connectivity index (χ0v) is 9.24. The average Bonchev–Trinajstić information content (AvgIpc) is 2.66. The molecule has 2 bridgehead atoms. The van der Waals surface area contributed by atoms with E-state index in [0.717, 1.165) is 12.7 Å². The molecule has 1 heterocycles. The molecule has 0 aromatic carbocycles. The van der Waals surface area contributed by atoms with Crippen LogP contribution in [0.15, 0.2) is 12.2 Å². The third-order valence-corrected chi connectivity index (χ3v) is 3.29. The second kappa shape index (κ2) is 3.61. The summed E-state index contributed by atoms with van der Waals surface area (Å²) in [7, 11) is -3.40. The minimum absolute atomic E-state index is 0.00762. The lowest BCUT2D eigenvalue weighted by atomic mass is 10.1. The van der Waals surface area contributed by atoms with Gasteiger partial charge in [-0.25, -0.2) is 0 Å². The maximum Gasteiger partial charge on any atom is 0.264 e. The van der Waals surface area contributed by atoms with Crippen LogP contribution in [0.25, 0.3) is 0 Å². The summed E-state index contributed by atoms with van der Waals surface area (Å²) >= 11 is 0. The first-order chi connectivity index (χ1) is 6.97. The molecule has 0 radical (unpaired) electrons. The second-order valence-electron chi connectivity index (χ2n) is 3.85. The summed E-state index contributed by atoms with van der Waals surface area (Å²) in [6, 6.07) is 0.144. The molecule has 2 atom stereocenters. The Bertz CT molecular complexity index is 400. The van der Waals surface area contributed by atoms with Gasteiger partial charge in [0.25, 0.3) is 10.1 Å². The highest BCUT2D eigenvalue weighted by atomic mass is 32.2. The number of carbonyl (C=O) groups excluding carboxylic acids is 1. The topological polar surface area (TPSA) is 63.7 Å². The van der Waals surface area contributed by atoms with Crippen molar-refractivity contribution in [3.05, 3.63) is 12.2 Å². The van der Waals surface area contributed by atoms with E-state index in [-0.39, 0.29) is 24.5 Å². The molecule has 0 aromatic rings. The van der Waals surface area contributed by atoms with Crippen LogP contribution < -0.4 is 0 Å². The van der Waals surface area contributed by atoms with Crippen LogP contribution >= 0.6 is 0 Å². The minimum atomic E-state index is -3.40. The molecule has 1 unspecified atom stereocenters. The molecule has 1 aliphatic heterocycles. The third kappa shape index (κ3) is 2.21. The van der Waals surface area contributed by atoms with Crippen molar-refractivity contribution >= 4 is 16.0 Å². The highest BCUT2D eigenvalue weighted by Gasteiger charge is 2.40. The van der Waals surface area contributed by atoms with E-state index in [1.54, 1.807) is 4.90 Å². The molecule has 6 heteroatoms. The third-order valence-electron chi connectivity index (χ3n) is 2.69. The van der Waals surface area contributed by atoms with E-state index < -0.39 is 10.1 Å². The Morgan fingerprint density at radius 2 is 2.27 bits per heavy atom. The molecule has 1 fully saturated rings. The van der Waals surface area contributed by atoms with E-state index in [4.69, 9.17) is 0 Å². The van der Waals surface area contributed by atoms with Crippen molar-refractivity contribution in [1.82, 2.24) is 4.90 Å². The van der Waals surface area contributed by atoms with Crippen molar-refractivity contribution < 1.29 is 17.4 Å². The van der Waals surface area contributed by atoms with Crippen molar-refractivity contribution in [3.63, 3.8) is 0 Å². The highest BCUT2D eigenvalue weighted by Crippen LogP contribution is 2.32. The number of hydrogen-bond acceptors (Lipinski definition) is 4. The summed E-state index contributed by atoms with van der Waals surface area (Å²) in [4.78, 5) is 13.3. The molecule has 0 spiro atoms. The molecule has 1 amide bonds. The molecule has 0 saturated carbocycles. The van der Waals surface area contributed by atoms with E-state index in [1.165, 1.54) is 0 Å². The SMILES string of the molecule is CS(=O)(=O)OCCN1C(=O)[C@@H]2C=CC1C2. The fourth-order valence-electron chi connectivity index (χ4n) is 2.03. The van der Waals surface area contributed by atoms with Gasteiger partial charge < -0.3 is 4.90 Å². The first-order valence-corrected chi connectivity index (χ1v) is 6.62. The maximum absolute atomic E-state index is 11.6. The first kappa shape index (κ1) is 10.6. The highest BCUT2D eigenvalue weighted by molar-refractivity contribution is 7.85. The molecule has 15 heavy (non-hydrogen) atoms. The lowest BCUT2D eigenvalue weighted by Gasteiger charge is -2.23.